The van der Waals surface area contributed by atoms with E-state index < -0.39 is 0 Å². The van der Waals surface area contributed by atoms with E-state index in [4.69, 9.17) is 11.6 Å². The molecule has 0 aliphatic heterocycles. The number of hydrogen-bond donors (Lipinski definition) is 0. The second-order valence-electron chi connectivity index (χ2n) is 5.45. The van der Waals surface area contributed by atoms with Crippen molar-refractivity contribution in [2.45, 2.75) is 56.4 Å². The molecule has 1 fully saturated rings. The van der Waals surface area contributed by atoms with E-state index in [0.29, 0.717) is 6.04 Å². The van der Waals surface area contributed by atoms with Gasteiger partial charge in [-0.3, -0.25) is 0 Å². The molecule has 0 aromatic carbocycles. The van der Waals surface area contributed by atoms with E-state index in [1.807, 2.05) is 0 Å². The topological polar surface area (TPSA) is 29.0 Å². The van der Waals surface area contributed by atoms with Gasteiger partial charge in [-0.25, -0.2) is 9.97 Å². The third-order valence-corrected chi connectivity index (χ3v) is 4.84. The summed E-state index contributed by atoms with van der Waals surface area (Å²) in [6.07, 6.45) is 10.0. The summed E-state index contributed by atoms with van der Waals surface area (Å²) in [5, 5.41) is 0.260. The Morgan fingerprint density at radius 1 is 1.17 bits per heavy atom. The number of halogens is 1. The van der Waals surface area contributed by atoms with Gasteiger partial charge in [0.15, 0.2) is 0 Å². The molecule has 0 saturated heterocycles. The van der Waals surface area contributed by atoms with Crippen LogP contribution in [-0.4, -0.2) is 28.4 Å². The highest BCUT2D eigenvalue weighted by molar-refractivity contribution is 6.21. The van der Waals surface area contributed by atoms with Gasteiger partial charge in [0.25, 0.3) is 0 Å². The van der Waals surface area contributed by atoms with Crippen LogP contribution in [0.3, 0.4) is 0 Å². The summed E-state index contributed by atoms with van der Waals surface area (Å²) in [6, 6.07) is 0.431. The maximum absolute atomic E-state index is 6.49. The first-order chi connectivity index (χ1) is 8.77. The third-order valence-electron chi connectivity index (χ3n) is 4.33. The summed E-state index contributed by atoms with van der Waals surface area (Å²) < 4.78 is 0. The van der Waals surface area contributed by atoms with Crippen molar-refractivity contribution in [3.63, 3.8) is 0 Å². The predicted octanol–water partition coefficient (Wildman–Crippen LogP) is 2.95. The maximum Gasteiger partial charge on any atom is 0.135 e. The SMILES string of the molecule is CN(c1ncnc2c1CCC2)C1CCCCC1Cl. The molecule has 4 heteroatoms. The Morgan fingerprint density at radius 2 is 2.00 bits per heavy atom. The summed E-state index contributed by atoms with van der Waals surface area (Å²) >= 11 is 6.49. The van der Waals surface area contributed by atoms with Crippen LogP contribution in [0.4, 0.5) is 5.82 Å². The molecule has 0 N–H and O–H groups in total. The van der Waals surface area contributed by atoms with Gasteiger partial charge in [-0.15, -0.1) is 11.6 Å². The summed E-state index contributed by atoms with van der Waals surface area (Å²) in [5.74, 6) is 1.12. The minimum atomic E-state index is 0.260. The van der Waals surface area contributed by atoms with Crippen LogP contribution in [0.15, 0.2) is 6.33 Å². The lowest BCUT2D eigenvalue weighted by Crippen LogP contribution is -2.41. The van der Waals surface area contributed by atoms with E-state index in [9.17, 15) is 0 Å². The molecule has 1 aromatic rings. The Morgan fingerprint density at radius 3 is 2.83 bits per heavy atom. The minimum Gasteiger partial charge on any atom is -0.355 e. The Kier molecular flexibility index (Phi) is 3.42. The molecule has 1 aromatic heterocycles. The van der Waals surface area contributed by atoms with Crippen molar-refractivity contribution in [3.8, 4) is 0 Å². The zero-order valence-electron chi connectivity index (χ0n) is 10.9. The molecule has 98 valence electrons. The van der Waals surface area contributed by atoms with Crippen LogP contribution in [0.5, 0.6) is 0 Å². The highest BCUT2D eigenvalue weighted by atomic mass is 35.5. The lowest BCUT2D eigenvalue weighted by Gasteiger charge is -2.36. The number of anilines is 1. The van der Waals surface area contributed by atoms with Gasteiger partial charge in [-0.2, -0.15) is 0 Å². The molecule has 0 bridgehead atoms. The van der Waals surface area contributed by atoms with Gasteiger partial charge in [0.2, 0.25) is 0 Å². The van der Waals surface area contributed by atoms with Crippen LogP contribution in [0.1, 0.15) is 43.4 Å². The van der Waals surface area contributed by atoms with Crippen molar-refractivity contribution in [2.24, 2.45) is 0 Å². The van der Waals surface area contributed by atoms with Gasteiger partial charge in [0, 0.05) is 24.3 Å². The van der Waals surface area contributed by atoms with E-state index in [2.05, 4.69) is 21.9 Å². The minimum absolute atomic E-state index is 0.260. The van der Waals surface area contributed by atoms with E-state index in [-0.39, 0.29) is 5.38 Å². The van der Waals surface area contributed by atoms with E-state index in [0.717, 1.165) is 25.1 Å². The Hall–Kier alpha value is -0.830. The average Bonchev–Trinajstić information content (AvgIpc) is 2.86. The summed E-state index contributed by atoms with van der Waals surface area (Å²) in [6.45, 7) is 0. The van der Waals surface area contributed by atoms with Gasteiger partial charge in [0.1, 0.15) is 12.1 Å². The third kappa shape index (κ3) is 2.09. The summed E-state index contributed by atoms with van der Waals surface area (Å²) in [4.78, 5) is 11.2. The lowest BCUT2D eigenvalue weighted by atomic mass is 9.93. The fourth-order valence-electron chi connectivity index (χ4n) is 3.31. The van der Waals surface area contributed by atoms with Gasteiger partial charge in [-0.1, -0.05) is 12.8 Å². The van der Waals surface area contributed by atoms with Crippen LogP contribution in [-0.2, 0) is 12.8 Å². The van der Waals surface area contributed by atoms with Crippen LogP contribution < -0.4 is 4.90 Å². The largest absolute Gasteiger partial charge is 0.355 e. The van der Waals surface area contributed by atoms with E-state index in [1.165, 1.54) is 36.9 Å². The van der Waals surface area contributed by atoms with Gasteiger partial charge in [-0.05, 0) is 32.1 Å². The first-order valence-corrected chi connectivity index (χ1v) is 7.40. The van der Waals surface area contributed by atoms with Crippen molar-refractivity contribution in [1.29, 1.82) is 0 Å². The molecular formula is C14H20ClN3. The number of aryl methyl sites for hydroxylation is 1. The normalized spacial score (nSPS) is 27.0. The molecule has 2 unspecified atom stereocenters. The number of aromatic nitrogens is 2. The van der Waals surface area contributed by atoms with E-state index in [1.54, 1.807) is 6.33 Å². The number of rotatable bonds is 2. The second-order valence-corrected chi connectivity index (χ2v) is 6.02. The van der Waals surface area contributed by atoms with Gasteiger partial charge in [0.05, 0.1) is 5.38 Å². The predicted molar refractivity (Wildman–Crippen MR) is 74.4 cm³/mol. The molecule has 0 amide bonds. The van der Waals surface area contributed by atoms with Crippen molar-refractivity contribution in [1.82, 2.24) is 9.97 Å². The zero-order chi connectivity index (χ0) is 12.5. The second kappa shape index (κ2) is 5.04. The molecule has 2 aliphatic rings. The molecule has 0 spiro atoms. The highest BCUT2D eigenvalue weighted by Gasteiger charge is 2.30. The van der Waals surface area contributed by atoms with Crippen LogP contribution in [0, 0.1) is 0 Å². The summed E-state index contributed by atoms with van der Waals surface area (Å²) in [5.41, 5.74) is 2.60. The molecule has 2 atom stereocenters. The Balaban J connectivity index is 1.88. The number of nitrogens with zero attached hydrogens (tertiary/aromatic N) is 3. The standard InChI is InChI=1S/C14H20ClN3/c1-18(13-8-3-2-6-11(13)15)14-10-5-4-7-12(10)16-9-17-14/h9,11,13H,2-8H2,1H3. The molecule has 1 heterocycles. The molecule has 1 saturated carbocycles. The Labute approximate surface area is 114 Å². The zero-order valence-corrected chi connectivity index (χ0v) is 11.7. The fraction of sp³-hybridized carbons (Fsp3) is 0.714. The number of hydrogen-bond acceptors (Lipinski definition) is 3. The number of alkyl halides is 1. The van der Waals surface area contributed by atoms with Crippen LogP contribution in [0.25, 0.3) is 0 Å². The summed E-state index contributed by atoms with van der Waals surface area (Å²) in [7, 11) is 2.15. The first kappa shape index (κ1) is 12.2. The van der Waals surface area contributed by atoms with Crippen molar-refractivity contribution < 1.29 is 0 Å². The Bertz CT molecular complexity index is 435. The quantitative estimate of drug-likeness (QED) is 0.770. The molecule has 0 radical (unpaired) electrons. The molecule has 18 heavy (non-hydrogen) atoms. The maximum atomic E-state index is 6.49. The first-order valence-electron chi connectivity index (χ1n) is 6.97. The molecule has 3 nitrogen and oxygen atoms in total. The highest BCUT2D eigenvalue weighted by Crippen LogP contribution is 2.33. The molecule has 3 rings (SSSR count). The monoisotopic (exact) mass is 265 g/mol. The van der Waals surface area contributed by atoms with Gasteiger partial charge < -0.3 is 4.90 Å². The van der Waals surface area contributed by atoms with Crippen LogP contribution >= 0.6 is 11.6 Å². The molecule has 2 aliphatic carbocycles. The van der Waals surface area contributed by atoms with E-state index >= 15 is 0 Å². The molecular weight excluding hydrogens is 246 g/mol. The smallest absolute Gasteiger partial charge is 0.135 e. The van der Waals surface area contributed by atoms with Crippen molar-refractivity contribution in [2.75, 3.05) is 11.9 Å². The number of fused-ring (bicyclic) bond motifs is 1. The average molecular weight is 266 g/mol. The fourth-order valence-corrected chi connectivity index (χ4v) is 3.75. The lowest BCUT2D eigenvalue weighted by molar-refractivity contribution is 0.432. The van der Waals surface area contributed by atoms with Gasteiger partial charge >= 0.3 is 0 Å². The van der Waals surface area contributed by atoms with Crippen molar-refractivity contribution in [3.05, 3.63) is 17.6 Å². The van der Waals surface area contributed by atoms with Crippen molar-refractivity contribution >= 4 is 17.4 Å². The van der Waals surface area contributed by atoms with Crippen LogP contribution in [0.2, 0.25) is 0 Å².